The third-order valence-corrected chi connectivity index (χ3v) is 4.39. The van der Waals surface area contributed by atoms with Crippen molar-refractivity contribution in [3.63, 3.8) is 0 Å². The van der Waals surface area contributed by atoms with E-state index in [4.69, 9.17) is 16.3 Å². The molecule has 0 fully saturated rings. The molecule has 0 saturated carbocycles. The number of aromatic nitrogens is 1. The number of ether oxygens (including phenoxy) is 1. The Balaban J connectivity index is 1.62. The van der Waals surface area contributed by atoms with E-state index in [2.05, 4.69) is 10.3 Å². The van der Waals surface area contributed by atoms with Crippen LogP contribution in [0.25, 0.3) is 11.1 Å². The van der Waals surface area contributed by atoms with Crippen LogP contribution in [-0.2, 0) is 4.79 Å². The number of hydrogen-bond acceptors (Lipinski definition) is 4. The number of halogens is 1. The van der Waals surface area contributed by atoms with Crippen LogP contribution in [0.15, 0.2) is 54.7 Å². The van der Waals surface area contributed by atoms with Gasteiger partial charge in [-0.05, 0) is 30.2 Å². The number of hydrogen-bond donors (Lipinski definition) is 1. The van der Waals surface area contributed by atoms with Crippen molar-refractivity contribution >= 4 is 34.0 Å². The molecule has 2 aromatic carbocycles. The van der Waals surface area contributed by atoms with Crippen molar-refractivity contribution < 1.29 is 9.53 Å². The van der Waals surface area contributed by atoms with Gasteiger partial charge in [-0.2, -0.15) is 0 Å². The molecule has 0 aliphatic heterocycles. The summed E-state index contributed by atoms with van der Waals surface area (Å²) >= 11 is 7.68. The number of carbonyl (C=O) groups is 1. The molecule has 0 bridgehead atoms. The van der Waals surface area contributed by atoms with Gasteiger partial charge >= 0.3 is 0 Å². The van der Waals surface area contributed by atoms with Gasteiger partial charge in [-0.25, -0.2) is 4.98 Å². The fourth-order valence-corrected chi connectivity index (χ4v) is 3.05. The molecule has 0 radical (unpaired) electrons. The van der Waals surface area contributed by atoms with Gasteiger partial charge in [0.25, 0.3) is 5.91 Å². The Morgan fingerprint density at radius 3 is 2.67 bits per heavy atom. The first kappa shape index (κ1) is 16.5. The summed E-state index contributed by atoms with van der Waals surface area (Å²) in [7, 11) is 0. The molecule has 6 heteroatoms. The van der Waals surface area contributed by atoms with Gasteiger partial charge in [0, 0.05) is 11.1 Å². The molecule has 1 heterocycles. The molecular weight excluding hydrogens is 344 g/mol. The predicted octanol–water partition coefficient (Wildman–Crippen LogP) is 4.79. The largest absolute Gasteiger partial charge is 0.482 e. The van der Waals surface area contributed by atoms with E-state index in [-0.39, 0.29) is 12.5 Å². The average Bonchev–Trinajstić information content (AvgIpc) is 2.99. The standard InChI is InChI=1S/C18H15ClN2O2S/c1-12-10-20-18(24-12)21-17(22)11-23-16-8-7-14(9-15(16)19)13-5-3-2-4-6-13/h2-10H,11H2,1H3,(H,20,21,22). The van der Waals surface area contributed by atoms with Crippen LogP contribution in [0.1, 0.15) is 4.88 Å². The number of benzene rings is 2. The van der Waals surface area contributed by atoms with E-state index in [1.165, 1.54) is 11.3 Å². The van der Waals surface area contributed by atoms with Gasteiger partial charge < -0.3 is 4.74 Å². The van der Waals surface area contributed by atoms with Crippen molar-refractivity contribution in [2.45, 2.75) is 6.92 Å². The highest BCUT2D eigenvalue weighted by Gasteiger charge is 2.09. The molecule has 3 aromatic rings. The van der Waals surface area contributed by atoms with Gasteiger partial charge in [-0.3, -0.25) is 10.1 Å². The Hall–Kier alpha value is -2.37. The van der Waals surface area contributed by atoms with Crippen LogP contribution in [0.3, 0.4) is 0 Å². The van der Waals surface area contributed by atoms with E-state index in [0.717, 1.165) is 16.0 Å². The van der Waals surface area contributed by atoms with Crippen LogP contribution >= 0.6 is 22.9 Å². The molecular formula is C18H15ClN2O2S. The Labute approximate surface area is 149 Å². The molecule has 0 aliphatic carbocycles. The summed E-state index contributed by atoms with van der Waals surface area (Å²) in [4.78, 5) is 17.0. The monoisotopic (exact) mass is 358 g/mol. The smallest absolute Gasteiger partial charge is 0.264 e. The van der Waals surface area contributed by atoms with Crippen molar-refractivity contribution in [3.05, 3.63) is 64.6 Å². The average molecular weight is 359 g/mol. The molecule has 4 nitrogen and oxygen atoms in total. The zero-order valence-corrected chi connectivity index (χ0v) is 14.5. The van der Waals surface area contributed by atoms with E-state index in [9.17, 15) is 4.79 Å². The summed E-state index contributed by atoms with van der Waals surface area (Å²) in [6.45, 7) is 1.81. The van der Waals surface area contributed by atoms with E-state index >= 15 is 0 Å². The highest BCUT2D eigenvalue weighted by Crippen LogP contribution is 2.30. The molecule has 0 aliphatic rings. The van der Waals surface area contributed by atoms with E-state index in [0.29, 0.717) is 15.9 Å². The molecule has 3 rings (SSSR count). The number of thiazole rings is 1. The van der Waals surface area contributed by atoms with Gasteiger partial charge in [0.05, 0.1) is 5.02 Å². The molecule has 1 amide bonds. The van der Waals surface area contributed by atoms with E-state index in [1.807, 2.05) is 49.4 Å². The zero-order valence-electron chi connectivity index (χ0n) is 13.0. The Morgan fingerprint density at radius 1 is 1.21 bits per heavy atom. The Bertz CT molecular complexity index is 849. The lowest BCUT2D eigenvalue weighted by Crippen LogP contribution is -2.20. The molecule has 0 atom stereocenters. The highest BCUT2D eigenvalue weighted by atomic mass is 35.5. The minimum Gasteiger partial charge on any atom is -0.482 e. The van der Waals surface area contributed by atoms with Crippen molar-refractivity contribution in [1.29, 1.82) is 0 Å². The zero-order chi connectivity index (χ0) is 16.9. The maximum atomic E-state index is 11.9. The molecule has 0 spiro atoms. The Kier molecular flexibility index (Phi) is 5.13. The second-order valence-electron chi connectivity index (χ2n) is 5.12. The van der Waals surface area contributed by atoms with Crippen LogP contribution in [0.4, 0.5) is 5.13 Å². The number of carbonyl (C=O) groups excluding carboxylic acids is 1. The first-order valence-electron chi connectivity index (χ1n) is 7.32. The van der Waals surface area contributed by atoms with Crippen LogP contribution in [0.2, 0.25) is 5.02 Å². The SMILES string of the molecule is Cc1cnc(NC(=O)COc2ccc(-c3ccccc3)cc2Cl)s1. The number of nitrogens with zero attached hydrogens (tertiary/aromatic N) is 1. The lowest BCUT2D eigenvalue weighted by atomic mass is 10.1. The summed E-state index contributed by atoms with van der Waals surface area (Å²) in [6, 6.07) is 15.4. The molecule has 0 saturated heterocycles. The maximum absolute atomic E-state index is 11.9. The summed E-state index contributed by atoms with van der Waals surface area (Å²) < 4.78 is 5.50. The third-order valence-electron chi connectivity index (χ3n) is 3.27. The van der Waals surface area contributed by atoms with Crippen molar-refractivity contribution in [3.8, 4) is 16.9 Å². The first-order chi connectivity index (χ1) is 11.6. The summed E-state index contributed by atoms with van der Waals surface area (Å²) in [5, 5.41) is 3.72. The van der Waals surface area contributed by atoms with Crippen LogP contribution in [0, 0.1) is 6.92 Å². The van der Waals surface area contributed by atoms with Crippen molar-refractivity contribution in [2.75, 3.05) is 11.9 Å². The minimum atomic E-state index is -0.271. The van der Waals surface area contributed by atoms with Gasteiger partial charge in [-0.1, -0.05) is 48.0 Å². The van der Waals surface area contributed by atoms with Gasteiger partial charge in [0.15, 0.2) is 11.7 Å². The van der Waals surface area contributed by atoms with Crippen molar-refractivity contribution in [1.82, 2.24) is 4.98 Å². The summed E-state index contributed by atoms with van der Waals surface area (Å²) in [5.41, 5.74) is 2.07. The fraction of sp³-hybridized carbons (Fsp3) is 0.111. The summed E-state index contributed by atoms with van der Waals surface area (Å²) in [6.07, 6.45) is 1.71. The normalized spacial score (nSPS) is 10.4. The van der Waals surface area contributed by atoms with Gasteiger partial charge in [-0.15, -0.1) is 11.3 Å². The van der Waals surface area contributed by atoms with Crippen LogP contribution in [0.5, 0.6) is 5.75 Å². The van der Waals surface area contributed by atoms with E-state index < -0.39 is 0 Å². The van der Waals surface area contributed by atoms with Crippen LogP contribution < -0.4 is 10.1 Å². The Morgan fingerprint density at radius 2 is 2.00 bits per heavy atom. The first-order valence-corrected chi connectivity index (χ1v) is 8.51. The van der Waals surface area contributed by atoms with Gasteiger partial charge in [0.2, 0.25) is 0 Å². The number of anilines is 1. The number of rotatable bonds is 5. The third kappa shape index (κ3) is 4.13. The number of nitrogens with one attached hydrogen (secondary N) is 1. The van der Waals surface area contributed by atoms with Crippen LogP contribution in [-0.4, -0.2) is 17.5 Å². The fourth-order valence-electron chi connectivity index (χ4n) is 2.14. The topological polar surface area (TPSA) is 51.2 Å². The quantitative estimate of drug-likeness (QED) is 0.713. The number of amides is 1. The van der Waals surface area contributed by atoms with E-state index in [1.54, 1.807) is 12.3 Å². The maximum Gasteiger partial charge on any atom is 0.264 e. The summed E-state index contributed by atoms with van der Waals surface area (Å²) in [5.74, 6) is 0.203. The highest BCUT2D eigenvalue weighted by molar-refractivity contribution is 7.15. The molecule has 0 unspecified atom stereocenters. The van der Waals surface area contributed by atoms with Crippen molar-refractivity contribution in [2.24, 2.45) is 0 Å². The molecule has 1 aromatic heterocycles. The molecule has 122 valence electrons. The molecule has 1 N–H and O–H groups in total. The van der Waals surface area contributed by atoms with Gasteiger partial charge in [0.1, 0.15) is 5.75 Å². The minimum absolute atomic E-state index is 0.122. The second kappa shape index (κ2) is 7.47. The second-order valence-corrected chi connectivity index (χ2v) is 6.77. The number of aryl methyl sites for hydroxylation is 1. The molecule has 24 heavy (non-hydrogen) atoms. The lowest BCUT2D eigenvalue weighted by Gasteiger charge is -2.09. The lowest BCUT2D eigenvalue weighted by molar-refractivity contribution is -0.118. The predicted molar refractivity (Wildman–Crippen MR) is 97.9 cm³/mol.